The van der Waals surface area contributed by atoms with Crippen LogP contribution in [-0.2, 0) is 0 Å². The molecule has 0 aliphatic rings. The molecule has 0 radical (unpaired) electrons. The monoisotopic (exact) mass is 947 g/mol. The van der Waals surface area contributed by atoms with E-state index in [1.54, 1.807) is 0 Å². The van der Waals surface area contributed by atoms with Crippen molar-refractivity contribution in [2.24, 2.45) is 0 Å². The molecule has 5 heteroatoms. The zero-order valence-electron chi connectivity index (χ0n) is 37.0. The van der Waals surface area contributed by atoms with Crippen LogP contribution in [0.5, 0.6) is 0 Å². The molecule has 0 aliphatic heterocycles. The Morgan fingerprint density at radius 1 is 0.290 bits per heavy atom. The van der Waals surface area contributed by atoms with Gasteiger partial charge in [0.2, 0.25) is 0 Å². The summed E-state index contributed by atoms with van der Waals surface area (Å²) in [6, 6.07) is 81.1. The molecule has 0 atom stereocenters. The van der Waals surface area contributed by atoms with Crippen LogP contribution < -0.4 is 4.90 Å². The number of rotatable bonds is 6. The van der Waals surface area contributed by atoms with E-state index in [1.807, 2.05) is 24.3 Å². The van der Waals surface area contributed by atoms with E-state index in [1.165, 1.54) is 70.9 Å². The van der Waals surface area contributed by atoms with Crippen LogP contribution >= 0.6 is 15.9 Å². The van der Waals surface area contributed by atoms with Gasteiger partial charge < -0.3 is 18.2 Å². The van der Waals surface area contributed by atoms with E-state index in [4.69, 9.17) is 13.3 Å². The van der Waals surface area contributed by atoms with Crippen LogP contribution in [-0.4, -0.2) is 0 Å². The Bertz CT molecular complexity index is 4360. The maximum Gasteiger partial charge on any atom is 0.159 e. The van der Waals surface area contributed by atoms with Gasteiger partial charge in [-0.05, 0) is 128 Å². The minimum absolute atomic E-state index is 0.868. The number of halogens is 1. The average Bonchev–Trinajstić information content (AvgIpc) is 4.12. The molecule has 15 rings (SSSR count). The van der Waals surface area contributed by atoms with Crippen LogP contribution in [0.3, 0.4) is 0 Å². The molecule has 0 aliphatic carbocycles. The van der Waals surface area contributed by atoms with Crippen molar-refractivity contribution in [3.63, 3.8) is 0 Å². The first-order valence-electron chi connectivity index (χ1n) is 23.2. The maximum absolute atomic E-state index is 6.54. The third-order valence-corrected chi connectivity index (χ3v) is 14.3. The molecule has 0 fully saturated rings. The molecule has 0 bridgehead atoms. The van der Waals surface area contributed by atoms with Crippen LogP contribution in [0.25, 0.3) is 121 Å². The van der Waals surface area contributed by atoms with Gasteiger partial charge in [0.05, 0.1) is 5.69 Å². The zero-order valence-corrected chi connectivity index (χ0v) is 38.6. The summed E-state index contributed by atoms with van der Waals surface area (Å²) in [5.74, 6) is 0. The minimum Gasteiger partial charge on any atom is -0.456 e. The average molecular weight is 949 g/mol. The molecule has 0 saturated carbocycles. The molecule has 15 aromatic rings. The first-order chi connectivity index (χ1) is 34.1. The number of hydrogen-bond donors (Lipinski definition) is 0. The van der Waals surface area contributed by atoms with Gasteiger partial charge >= 0.3 is 0 Å². The van der Waals surface area contributed by atoms with Crippen LogP contribution in [0, 0.1) is 0 Å². The second kappa shape index (κ2) is 15.7. The fourth-order valence-corrected chi connectivity index (χ4v) is 10.8. The standard InChI is InChI=1S/C44H27NO2.C20H11BrO/c1-2-8-28(9-3-1)29-16-21-32(22-17-29)45(38-13-7-12-37-35-11-4-5-14-39(35)47-44(37)38)33-23-18-30(19-24-33)34-26-27-41-43-36(34)25-20-31-10-6-15-40(46-41)42(31)43;21-14-7-4-12(5-8-14)15-10-11-18-20-16(15)9-6-13-2-1-3-17(22-18)19(13)20/h1-27H;1-11H. The topological polar surface area (TPSA) is 42.7 Å². The van der Waals surface area contributed by atoms with Gasteiger partial charge in [0.25, 0.3) is 0 Å². The van der Waals surface area contributed by atoms with Gasteiger partial charge in [0.15, 0.2) is 5.58 Å². The largest absolute Gasteiger partial charge is 0.456 e. The van der Waals surface area contributed by atoms with Crippen molar-refractivity contribution in [3.05, 3.63) is 235 Å². The zero-order chi connectivity index (χ0) is 45.6. The molecule has 69 heavy (non-hydrogen) atoms. The predicted molar refractivity (Wildman–Crippen MR) is 291 cm³/mol. The van der Waals surface area contributed by atoms with Gasteiger partial charge in [0, 0.05) is 48.2 Å². The highest BCUT2D eigenvalue weighted by Gasteiger charge is 2.21. The van der Waals surface area contributed by atoms with Crippen molar-refractivity contribution < 1.29 is 13.3 Å². The first kappa shape index (κ1) is 39.5. The second-order valence-corrected chi connectivity index (χ2v) is 18.6. The molecule has 3 aromatic heterocycles. The normalized spacial score (nSPS) is 11.8. The third kappa shape index (κ3) is 6.42. The Hall–Kier alpha value is -8.64. The highest BCUT2D eigenvalue weighted by Crippen LogP contribution is 2.46. The molecule has 4 nitrogen and oxygen atoms in total. The van der Waals surface area contributed by atoms with Gasteiger partial charge in [0.1, 0.15) is 27.9 Å². The molecule has 0 saturated heterocycles. The smallest absolute Gasteiger partial charge is 0.159 e. The number of hydrogen-bond acceptors (Lipinski definition) is 4. The summed E-state index contributed by atoms with van der Waals surface area (Å²) in [4.78, 5) is 2.30. The number of para-hydroxylation sites is 2. The van der Waals surface area contributed by atoms with E-state index in [0.717, 1.165) is 71.4 Å². The minimum atomic E-state index is 0.868. The summed E-state index contributed by atoms with van der Waals surface area (Å²) in [6.45, 7) is 0. The number of furan rings is 3. The van der Waals surface area contributed by atoms with E-state index in [0.29, 0.717) is 0 Å². The Labute approximate surface area is 404 Å². The van der Waals surface area contributed by atoms with Gasteiger partial charge in [-0.3, -0.25) is 0 Å². The summed E-state index contributed by atoms with van der Waals surface area (Å²) in [5, 5.41) is 12.0. The Balaban J connectivity index is 0.000000169. The quantitative estimate of drug-likeness (QED) is 0.156. The fraction of sp³-hybridized carbons (Fsp3) is 0. The number of benzene rings is 12. The van der Waals surface area contributed by atoms with Crippen molar-refractivity contribution in [1.29, 1.82) is 0 Å². The van der Waals surface area contributed by atoms with Crippen molar-refractivity contribution >= 4 is 120 Å². The lowest BCUT2D eigenvalue weighted by Gasteiger charge is -2.26. The lowest BCUT2D eigenvalue weighted by Crippen LogP contribution is -2.10. The van der Waals surface area contributed by atoms with E-state index in [-0.39, 0.29) is 0 Å². The van der Waals surface area contributed by atoms with E-state index < -0.39 is 0 Å². The number of nitrogens with zero attached hydrogens (tertiary/aromatic N) is 1. The molecule has 12 aromatic carbocycles. The summed E-state index contributed by atoms with van der Waals surface area (Å²) >= 11 is 3.50. The summed E-state index contributed by atoms with van der Waals surface area (Å²) in [5.41, 5.74) is 15.8. The summed E-state index contributed by atoms with van der Waals surface area (Å²) in [6.07, 6.45) is 0. The molecular weight excluding hydrogens is 911 g/mol. The van der Waals surface area contributed by atoms with Gasteiger partial charge in [-0.2, -0.15) is 0 Å². The van der Waals surface area contributed by atoms with Crippen LogP contribution in [0.1, 0.15) is 0 Å². The summed E-state index contributed by atoms with van der Waals surface area (Å²) < 4.78 is 19.9. The molecule has 3 heterocycles. The third-order valence-electron chi connectivity index (χ3n) is 13.8. The van der Waals surface area contributed by atoms with Crippen LogP contribution in [0.2, 0.25) is 0 Å². The lowest BCUT2D eigenvalue weighted by molar-refractivity contribution is 0.669. The number of fused-ring (bicyclic) bond motifs is 3. The van der Waals surface area contributed by atoms with Crippen molar-refractivity contribution in [2.45, 2.75) is 0 Å². The highest BCUT2D eigenvalue weighted by atomic mass is 79.9. The Morgan fingerprint density at radius 2 is 0.768 bits per heavy atom. The predicted octanol–water partition coefficient (Wildman–Crippen LogP) is 19.5. The number of anilines is 3. The van der Waals surface area contributed by atoms with E-state index in [2.05, 4.69) is 227 Å². The molecule has 324 valence electrons. The SMILES string of the molecule is Brc1ccc(-c2ccc3oc4cccc5ccc2c3c54)cc1.c1ccc(-c2ccc(N(c3ccc(-c4ccc5oc6cccc7ccc4c5c76)cc3)c3cccc4c3oc3ccccc34)cc2)cc1. The van der Waals surface area contributed by atoms with Crippen molar-refractivity contribution in [3.8, 4) is 33.4 Å². The van der Waals surface area contributed by atoms with E-state index >= 15 is 0 Å². The van der Waals surface area contributed by atoms with Crippen molar-refractivity contribution in [1.82, 2.24) is 0 Å². The Morgan fingerprint density at radius 3 is 1.38 bits per heavy atom. The molecule has 0 spiro atoms. The van der Waals surface area contributed by atoms with Crippen LogP contribution in [0.4, 0.5) is 17.1 Å². The highest BCUT2D eigenvalue weighted by molar-refractivity contribution is 9.10. The summed E-state index contributed by atoms with van der Waals surface area (Å²) in [7, 11) is 0. The maximum atomic E-state index is 6.54. The van der Waals surface area contributed by atoms with Gasteiger partial charge in [-0.1, -0.05) is 174 Å². The van der Waals surface area contributed by atoms with Gasteiger partial charge in [-0.25, -0.2) is 0 Å². The Kier molecular flexibility index (Phi) is 9.01. The molecule has 0 N–H and O–H groups in total. The fourth-order valence-electron chi connectivity index (χ4n) is 10.6. The van der Waals surface area contributed by atoms with Gasteiger partial charge in [-0.15, -0.1) is 0 Å². The van der Waals surface area contributed by atoms with E-state index in [9.17, 15) is 0 Å². The first-order valence-corrected chi connectivity index (χ1v) is 24.0. The molecular formula is C64H38BrNO3. The second-order valence-electron chi connectivity index (χ2n) is 17.7. The molecule has 0 unspecified atom stereocenters. The lowest BCUT2D eigenvalue weighted by atomic mass is 9.94. The van der Waals surface area contributed by atoms with Crippen molar-refractivity contribution in [2.75, 3.05) is 4.90 Å². The van der Waals surface area contributed by atoms with Crippen LogP contribution in [0.15, 0.2) is 248 Å². The molecule has 0 amide bonds.